The third-order valence-corrected chi connectivity index (χ3v) is 4.66. The van der Waals surface area contributed by atoms with Crippen molar-refractivity contribution in [3.63, 3.8) is 0 Å². The summed E-state index contributed by atoms with van der Waals surface area (Å²) in [6, 6.07) is 20.5. The van der Waals surface area contributed by atoms with Gasteiger partial charge in [-0.3, -0.25) is 9.59 Å². The summed E-state index contributed by atoms with van der Waals surface area (Å²) in [7, 11) is 0. The van der Waals surface area contributed by atoms with E-state index in [0.29, 0.717) is 18.0 Å². The van der Waals surface area contributed by atoms with Crippen LogP contribution < -0.4 is 15.5 Å². The van der Waals surface area contributed by atoms with Gasteiger partial charge in [0.05, 0.1) is 10.7 Å². The van der Waals surface area contributed by atoms with Crippen molar-refractivity contribution in [2.75, 3.05) is 5.32 Å². The fourth-order valence-electron chi connectivity index (χ4n) is 2.55. The Balaban J connectivity index is 1.46. The van der Waals surface area contributed by atoms with Gasteiger partial charge >= 0.3 is 0 Å². The number of hydrogen-bond donors (Lipinski definition) is 2. The summed E-state index contributed by atoms with van der Waals surface area (Å²) in [5.74, 6) is -0.824. The first kappa shape index (κ1) is 22.2. The van der Waals surface area contributed by atoms with Gasteiger partial charge < -0.3 is 10.1 Å². The summed E-state index contributed by atoms with van der Waals surface area (Å²) in [5, 5.41) is 6.37. The molecule has 0 spiro atoms. The topological polar surface area (TPSA) is 79.8 Å². The van der Waals surface area contributed by atoms with E-state index in [0.717, 1.165) is 15.6 Å². The smallest absolute Gasteiger partial charge is 0.249 e. The van der Waals surface area contributed by atoms with Crippen molar-refractivity contribution in [3.05, 3.63) is 94.2 Å². The molecule has 0 unspecified atom stereocenters. The van der Waals surface area contributed by atoms with Crippen molar-refractivity contribution >= 4 is 39.6 Å². The summed E-state index contributed by atoms with van der Waals surface area (Å²) in [5.41, 5.74) is 4.50. The van der Waals surface area contributed by atoms with Crippen LogP contribution in [0.5, 0.6) is 5.75 Å². The minimum atomic E-state index is -0.572. The van der Waals surface area contributed by atoms with E-state index >= 15 is 0 Å². The summed E-state index contributed by atoms with van der Waals surface area (Å²) >= 11 is 3.46. The summed E-state index contributed by atoms with van der Waals surface area (Å²) < 4.78 is 19.4. The molecule has 0 aromatic heterocycles. The van der Waals surface area contributed by atoms with E-state index in [1.165, 1.54) is 30.5 Å². The molecular formula is C23H19BrFN3O3. The highest BCUT2D eigenvalue weighted by molar-refractivity contribution is 9.10. The Morgan fingerprint density at radius 1 is 1.00 bits per heavy atom. The average molecular weight is 484 g/mol. The van der Waals surface area contributed by atoms with E-state index < -0.39 is 24.1 Å². The normalized spacial score (nSPS) is 10.6. The zero-order valence-electron chi connectivity index (χ0n) is 16.3. The Hall–Kier alpha value is -3.52. The molecule has 0 saturated carbocycles. The number of halogens is 2. The standard InChI is InChI=1S/C23H19BrFN3O3/c24-20-12-17(6-11-21(20)31-15-16-4-2-1-3-5-16)14-26-28-23(30)13-22(29)27-19-9-7-18(25)8-10-19/h1-12,14H,13,15H2,(H,27,29)(H,28,30). The van der Waals surface area contributed by atoms with E-state index in [2.05, 4.69) is 31.8 Å². The molecule has 8 heteroatoms. The molecular weight excluding hydrogens is 465 g/mol. The second kappa shape index (κ2) is 11.0. The van der Waals surface area contributed by atoms with Crippen LogP contribution in [0.2, 0.25) is 0 Å². The van der Waals surface area contributed by atoms with Crippen LogP contribution in [0.4, 0.5) is 10.1 Å². The van der Waals surface area contributed by atoms with Crippen LogP contribution in [0.1, 0.15) is 17.5 Å². The largest absolute Gasteiger partial charge is 0.488 e. The quantitative estimate of drug-likeness (QED) is 0.278. The predicted octanol–water partition coefficient (Wildman–Crippen LogP) is 4.65. The van der Waals surface area contributed by atoms with Crippen molar-refractivity contribution in [1.29, 1.82) is 0 Å². The molecule has 3 aromatic carbocycles. The van der Waals surface area contributed by atoms with Crippen molar-refractivity contribution < 1.29 is 18.7 Å². The molecule has 158 valence electrons. The second-order valence-electron chi connectivity index (χ2n) is 6.49. The fourth-order valence-corrected chi connectivity index (χ4v) is 3.06. The minimum Gasteiger partial charge on any atom is -0.488 e. The molecule has 0 bridgehead atoms. The number of benzene rings is 3. The summed E-state index contributed by atoms with van der Waals surface area (Å²) in [4.78, 5) is 23.7. The third kappa shape index (κ3) is 7.35. The third-order valence-electron chi connectivity index (χ3n) is 4.05. The number of carbonyl (C=O) groups is 2. The Bertz CT molecular complexity index is 1070. The monoisotopic (exact) mass is 483 g/mol. The molecule has 0 aliphatic heterocycles. The number of amides is 2. The van der Waals surface area contributed by atoms with Gasteiger partial charge in [0.1, 0.15) is 24.6 Å². The van der Waals surface area contributed by atoms with Gasteiger partial charge in [-0.25, -0.2) is 9.82 Å². The lowest BCUT2D eigenvalue weighted by Crippen LogP contribution is -2.24. The molecule has 0 saturated heterocycles. The van der Waals surface area contributed by atoms with Gasteiger partial charge in [-0.15, -0.1) is 0 Å². The van der Waals surface area contributed by atoms with Crippen LogP contribution in [0.15, 0.2) is 82.4 Å². The Kier molecular flexibility index (Phi) is 7.89. The van der Waals surface area contributed by atoms with Gasteiger partial charge in [-0.2, -0.15) is 5.10 Å². The van der Waals surface area contributed by atoms with Gasteiger partial charge in [0.25, 0.3) is 0 Å². The maximum Gasteiger partial charge on any atom is 0.249 e. The Morgan fingerprint density at radius 3 is 2.45 bits per heavy atom. The van der Waals surface area contributed by atoms with Crippen molar-refractivity contribution in [3.8, 4) is 5.75 Å². The number of hydrazone groups is 1. The van der Waals surface area contributed by atoms with Gasteiger partial charge in [0, 0.05) is 5.69 Å². The number of rotatable bonds is 8. The SMILES string of the molecule is O=C(CC(=O)Nc1ccc(F)cc1)NN=Cc1ccc(OCc2ccccc2)c(Br)c1. The zero-order chi connectivity index (χ0) is 22.1. The lowest BCUT2D eigenvalue weighted by molar-refractivity contribution is -0.126. The van der Waals surface area contributed by atoms with Crippen molar-refractivity contribution in [2.24, 2.45) is 5.10 Å². The highest BCUT2D eigenvalue weighted by atomic mass is 79.9. The maximum atomic E-state index is 12.9. The van der Waals surface area contributed by atoms with Gasteiger partial charge in [0.2, 0.25) is 11.8 Å². The van der Waals surface area contributed by atoms with Gasteiger partial charge in [-0.1, -0.05) is 30.3 Å². The lowest BCUT2D eigenvalue weighted by Gasteiger charge is -2.09. The molecule has 0 radical (unpaired) electrons. The summed E-state index contributed by atoms with van der Waals surface area (Å²) in [6.45, 7) is 0.447. The Morgan fingerprint density at radius 2 is 1.74 bits per heavy atom. The maximum absolute atomic E-state index is 12.9. The van der Waals surface area contributed by atoms with Crippen LogP contribution in [0, 0.1) is 5.82 Å². The van der Waals surface area contributed by atoms with Crippen LogP contribution >= 0.6 is 15.9 Å². The highest BCUT2D eigenvalue weighted by Crippen LogP contribution is 2.26. The molecule has 0 aliphatic rings. The number of carbonyl (C=O) groups excluding carboxylic acids is 2. The van der Waals surface area contributed by atoms with E-state index in [-0.39, 0.29) is 0 Å². The predicted molar refractivity (Wildman–Crippen MR) is 120 cm³/mol. The molecule has 0 heterocycles. The first-order valence-electron chi connectivity index (χ1n) is 9.33. The van der Waals surface area contributed by atoms with Crippen LogP contribution in [-0.2, 0) is 16.2 Å². The molecule has 0 aliphatic carbocycles. The molecule has 2 N–H and O–H groups in total. The first-order chi connectivity index (χ1) is 15.0. The van der Waals surface area contributed by atoms with E-state index in [1.807, 2.05) is 30.3 Å². The minimum absolute atomic E-state index is 0.405. The molecule has 0 fully saturated rings. The number of hydrogen-bond acceptors (Lipinski definition) is 4. The van der Waals surface area contributed by atoms with E-state index in [9.17, 15) is 14.0 Å². The Labute approximate surface area is 187 Å². The van der Waals surface area contributed by atoms with Crippen LogP contribution in [-0.4, -0.2) is 18.0 Å². The first-order valence-corrected chi connectivity index (χ1v) is 10.1. The van der Waals surface area contributed by atoms with E-state index in [1.54, 1.807) is 18.2 Å². The molecule has 0 atom stereocenters. The number of nitrogens with zero attached hydrogens (tertiary/aromatic N) is 1. The molecule has 3 aromatic rings. The number of anilines is 1. The lowest BCUT2D eigenvalue weighted by atomic mass is 10.2. The molecule has 31 heavy (non-hydrogen) atoms. The zero-order valence-corrected chi connectivity index (χ0v) is 17.9. The molecule has 3 rings (SSSR count). The fraction of sp³-hybridized carbons (Fsp3) is 0.0870. The van der Waals surface area contributed by atoms with Gasteiger partial charge in [-0.05, 0) is 69.5 Å². The number of nitrogens with one attached hydrogen (secondary N) is 2. The molecule has 2 amide bonds. The van der Waals surface area contributed by atoms with E-state index in [4.69, 9.17) is 4.74 Å². The highest BCUT2D eigenvalue weighted by Gasteiger charge is 2.09. The van der Waals surface area contributed by atoms with Crippen molar-refractivity contribution in [2.45, 2.75) is 13.0 Å². The van der Waals surface area contributed by atoms with Crippen molar-refractivity contribution in [1.82, 2.24) is 5.43 Å². The average Bonchev–Trinajstić information content (AvgIpc) is 2.75. The second-order valence-corrected chi connectivity index (χ2v) is 7.34. The molecule has 6 nitrogen and oxygen atoms in total. The van der Waals surface area contributed by atoms with Crippen LogP contribution in [0.3, 0.4) is 0 Å². The number of ether oxygens (including phenoxy) is 1. The van der Waals surface area contributed by atoms with Gasteiger partial charge in [0.15, 0.2) is 0 Å². The summed E-state index contributed by atoms with van der Waals surface area (Å²) in [6.07, 6.45) is 1.05. The van der Waals surface area contributed by atoms with Crippen LogP contribution in [0.25, 0.3) is 0 Å².